The van der Waals surface area contributed by atoms with Crippen LogP contribution in [0.3, 0.4) is 0 Å². The number of carbonyl (C=O) groups is 1. The highest BCUT2D eigenvalue weighted by Crippen LogP contribution is 2.39. The molecule has 0 saturated carbocycles. The molecule has 0 spiro atoms. The number of amides is 1. The fourth-order valence-corrected chi connectivity index (χ4v) is 2.93. The molecule has 0 aromatic heterocycles. The van der Waals surface area contributed by atoms with Gasteiger partial charge in [0.05, 0.1) is 6.61 Å². The van der Waals surface area contributed by atoms with E-state index in [2.05, 4.69) is 6.58 Å². The Morgan fingerprint density at radius 2 is 2.08 bits per heavy atom. The van der Waals surface area contributed by atoms with Gasteiger partial charge in [0.15, 0.2) is 18.2 Å². The minimum absolute atomic E-state index is 0.280. The van der Waals surface area contributed by atoms with Gasteiger partial charge in [0.2, 0.25) is 0 Å². The molecular formula is C18H22NO6. The Kier molecular flexibility index (Phi) is 5.21. The van der Waals surface area contributed by atoms with Gasteiger partial charge in [0, 0.05) is 0 Å². The summed E-state index contributed by atoms with van der Waals surface area (Å²) >= 11 is 0. The first-order chi connectivity index (χ1) is 11.9. The van der Waals surface area contributed by atoms with Crippen LogP contribution < -0.4 is 0 Å². The molecule has 2 heterocycles. The van der Waals surface area contributed by atoms with Gasteiger partial charge in [-0.1, -0.05) is 36.4 Å². The number of ether oxygens (including phenoxy) is 4. The predicted octanol–water partition coefficient (Wildman–Crippen LogP) is 2.01. The summed E-state index contributed by atoms with van der Waals surface area (Å²) in [6.07, 6.45) is -1.76. The van der Waals surface area contributed by atoms with Gasteiger partial charge in [0.25, 0.3) is 5.91 Å². The fraction of sp³-hybridized carbons (Fsp3) is 0.444. The van der Waals surface area contributed by atoms with Gasteiger partial charge in [-0.3, -0.25) is 10.0 Å². The van der Waals surface area contributed by atoms with E-state index in [0.717, 1.165) is 12.1 Å². The van der Waals surface area contributed by atoms with Crippen molar-refractivity contribution in [2.24, 2.45) is 0 Å². The maximum Gasteiger partial charge on any atom is 0.278 e. The van der Waals surface area contributed by atoms with Crippen molar-refractivity contribution in [3.05, 3.63) is 55.1 Å². The van der Waals surface area contributed by atoms with Crippen LogP contribution >= 0.6 is 0 Å². The topological polar surface area (TPSA) is 77.5 Å². The molecule has 0 aliphatic carbocycles. The van der Waals surface area contributed by atoms with Gasteiger partial charge in [-0.05, 0) is 19.4 Å². The summed E-state index contributed by atoms with van der Waals surface area (Å²) in [5.41, 5.74) is 0.953. The summed E-state index contributed by atoms with van der Waals surface area (Å²) in [6, 6.07) is 9.56. The molecule has 0 unspecified atom stereocenters. The zero-order chi connectivity index (χ0) is 18.0. The van der Waals surface area contributed by atoms with Gasteiger partial charge < -0.3 is 18.9 Å². The van der Waals surface area contributed by atoms with E-state index in [-0.39, 0.29) is 6.61 Å². The summed E-state index contributed by atoms with van der Waals surface area (Å²) in [7, 11) is 0. The quantitative estimate of drug-likeness (QED) is 0.626. The molecule has 2 saturated heterocycles. The third-order valence-corrected chi connectivity index (χ3v) is 3.99. The van der Waals surface area contributed by atoms with Crippen molar-refractivity contribution < 1.29 is 28.9 Å². The Hall–Kier alpha value is -1.77. The Morgan fingerprint density at radius 3 is 2.76 bits per heavy atom. The average molecular weight is 348 g/mol. The smallest absolute Gasteiger partial charge is 0.278 e. The van der Waals surface area contributed by atoms with Gasteiger partial charge in [-0.25, -0.2) is 5.06 Å². The molecule has 2 fully saturated rings. The van der Waals surface area contributed by atoms with Gasteiger partial charge in [-0.15, -0.1) is 6.58 Å². The monoisotopic (exact) mass is 348 g/mol. The molecule has 135 valence electrons. The second-order valence-corrected chi connectivity index (χ2v) is 6.35. The highest BCUT2D eigenvalue weighted by Gasteiger charge is 2.58. The Labute approximate surface area is 146 Å². The average Bonchev–Trinajstić information content (AvgIpc) is 3.05. The molecule has 25 heavy (non-hydrogen) atoms. The molecule has 7 nitrogen and oxygen atoms in total. The van der Waals surface area contributed by atoms with Crippen molar-refractivity contribution in [2.75, 3.05) is 0 Å². The number of hydrogen-bond acceptors (Lipinski definition) is 6. The molecule has 1 aromatic carbocycles. The van der Waals surface area contributed by atoms with Crippen LogP contribution in [-0.4, -0.2) is 46.6 Å². The largest absolute Gasteiger partial charge is 0.367 e. The lowest BCUT2D eigenvalue weighted by Gasteiger charge is -2.26. The van der Waals surface area contributed by atoms with Crippen molar-refractivity contribution in [3.8, 4) is 0 Å². The SMILES string of the molecule is C=C[CH]N(O)C(=O)[C@H]1O[C@@H]2OC(C)(C)O[C@@H]2[C@H]1OCc1ccccc1. The summed E-state index contributed by atoms with van der Waals surface area (Å²) in [5, 5.41) is 10.2. The number of hydroxylamine groups is 2. The van der Waals surface area contributed by atoms with E-state index < -0.39 is 36.3 Å². The van der Waals surface area contributed by atoms with Crippen molar-refractivity contribution in [3.63, 3.8) is 0 Å². The maximum absolute atomic E-state index is 12.4. The van der Waals surface area contributed by atoms with Crippen molar-refractivity contribution in [2.45, 2.75) is 50.8 Å². The first kappa shape index (κ1) is 18.0. The van der Waals surface area contributed by atoms with Crippen LogP contribution in [0.15, 0.2) is 43.0 Å². The summed E-state index contributed by atoms with van der Waals surface area (Å²) in [4.78, 5) is 12.4. The first-order valence-electron chi connectivity index (χ1n) is 8.06. The molecule has 1 N–H and O–H groups in total. The second-order valence-electron chi connectivity index (χ2n) is 6.35. The number of hydrogen-bond donors (Lipinski definition) is 1. The zero-order valence-corrected chi connectivity index (χ0v) is 14.2. The highest BCUT2D eigenvalue weighted by atomic mass is 16.8. The lowest BCUT2D eigenvalue weighted by molar-refractivity contribution is -0.226. The van der Waals surface area contributed by atoms with Crippen LogP contribution in [0.4, 0.5) is 0 Å². The van der Waals surface area contributed by atoms with Crippen molar-refractivity contribution >= 4 is 5.91 Å². The number of nitrogens with zero attached hydrogens (tertiary/aromatic N) is 1. The molecule has 1 aromatic rings. The van der Waals surface area contributed by atoms with Crippen LogP contribution in [0.25, 0.3) is 0 Å². The number of carbonyl (C=O) groups excluding carboxylic acids is 1. The molecule has 1 radical (unpaired) electrons. The van der Waals surface area contributed by atoms with E-state index in [1.165, 1.54) is 6.08 Å². The third kappa shape index (κ3) is 3.91. The standard InChI is InChI=1S/C18H22NO6/c1-4-10-19(21)16(20)14-13(22-11-12-8-6-5-7-9-12)15-17(23-14)25-18(2,3)24-15/h4-10,13-15,17,21H,1,11H2,2-3H3/t13-,14-,15+,17+/m0/s1. The lowest BCUT2D eigenvalue weighted by atomic mass is 10.1. The molecule has 1 amide bonds. The Bertz CT molecular complexity index is 619. The molecule has 2 aliphatic heterocycles. The molecule has 4 atom stereocenters. The maximum atomic E-state index is 12.4. The summed E-state index contributed by atoms with van der Waals surface area (Å²) in [6.45, 7) is 8.40. The first-order valence-corrected chi connectivity index (χ1v) is 8.06. The molecule has 2 aliphatic rings. The molecular weight excluding hydrogens is 326 g/mol. The van der Waals surface area contributed by atoms with Crippen LogP contribution in [0.1, 0.15) is 19.4 Å². The predicted molar refractivity (Wildman–Crippen MR) is 86.8 cm³/mol. The summed E-state index contributed by atoms with van der Waals surface area (Å²) in [5.74, 6) is -1.50. The van der Waals surface area contributed by atoms with Crippen molar-refractivity contribution in [1.82, 2.24) is 5.06 Å². The van der Waals surface area contributed by atoms with Gasteiger partial charge in [0.1, 0.15) is 18.8 Å². The van der Waals surface area contributed by atoms with E-state index in [1.54, 1.807) is 13.8 Å². The van der Waals surface area contributed by atoms with Crippen LogP contribution in [0.2, 0.25) is 0 Å². The molecule has 0 bridgehead atoms. The summed E-state index contributed by atoms with van der Waals surface area (Å²) < 4.78 is 23.1. The van der Waals surface area contributed by atoms with E-state index in [0.29, 0.717) is 5.06 Å². The number of rotatable bonds is 6. The van der Waals surface area contributed by atoms with E-state index in [9.17, 15) is 10.0 Å². The second kappa shape index (κ2) is 7.23. The van der Waals surface area contributed by atoms with Gasteiger partial charge in [-0.2, -0.15) is 0 Å². The number of benzene rings is 1. The van der Waals surface area contributed by atoms with Crippen molar-refractivity contribution in [1.29, 1.82) is 0 Å². The van der Waals surface area contributed by atoms with Crippen LogP contribution in [0, 0.1) is 6.54 Å². The van der Waals surface area contributed by atoms with E-state index >= 15 is 0 Å². The van der Waals surface area contributed by atoms with Gasteiger partial charge >= 0.3 is 0 Å². The zero-order valence-electron chi connectivity index (χ0n) is 14.2. The minimum Gasteiger partial charge on any atom is -0.367 e. The van der Waals surface area contributed by atoms with Crippen LogP contribution in [0.5, 0.6) is 0 Å². The Morgan fingerprint density at radius 1 is 1.36 bits per heavy atom. The van der Waals surface area contributed by atoms with Crippen LogP contribution in [-0.2, 0) is 30.3 Å². The van der Waals surface area contributed by atoms with E-state index in [4.69, 9.17) is 18.9 Å². The fourth-order valence-electron chi connectivity index (χ4n) is 2.93. The van der Waals surface area contributed by atoms with E-state index in [1.807, 2.05) is 30.3 Å². The third-order valence-electron chi connectivity index (χ3n) is 3.99. The molecule has 7 heteroatoms. The molecule has 3 rings (SSSR count). The normalized spacial score (nSPS) is 30.0. The minimum atomic E-state index is -1.05. The highest BCUT2D eigenvalue weighted by molar-refractivity contribution is 5.81. The Balaban J connectivity index is 1.75. The lowest BCUT2D eigenvalue weighted by Crippen LogP contribution is -2.45. The number of fused-ring (bicyclic) bond motifs is 1.